The Balaban J connectivity index is 2.21. The summed E-state index contributed by atoms with van der Waals surface area (Å²) in [4.78, 5) is 19.8. The molecule has 2 heterocycles. The lowest BCUT2D eigenvalue weighted by atomic mass is 9.98. The van der Waals surface area contributed by atoms with Crippen LogP contribution in [0.1, 0.15) is 21.7 Å². The first-order valence-electron chi connectivity index (χ1n) is 7.36. The molecular formula is C17H12F3N3O2S. The summed E-state index contributed by atoms with van der Waals surface area (Å²) in [6, 6.07) is 8.28. The molecule has 2 N–H and O–H groups in total. The molecule has 0 radical (unpaired) electrons. The molecular weight excluding hydrogens is 367 g/mol. The lowest BCUT2D eigenvalue weighted by Gasteiger charge is -2.17. The van der Waals surface area contributed by atoms with Crippen molar-refractivity contribution in [3.8, 4) is 16.9 Å². The molecule has 0 spiro atoms. The van der Waals surface area contributed by atoms with E-state index in [1.54, 1.807) is 35.7 Å². The average Bonchev–Trinajstić information content (AvgIpc) is 3.07. The summed E-state index contributed by atoms with van der Waals surface area (Å²) in [5.41, 5.74) is -1.89. The number of aromatic hydroxyl groups is 1. The summed E-state index contributed by atoms with van der Waals surface area (Å²) >= 11 is 1.04. The van der Waals surface area contributed by atoms with E-state index in [-0.39, 0.29) is 16.4 Å². The van der Waals surface area contributed by atoms with E-state index < -0.39 is 29.1 Å². The molecule has 0 bridgehead atoms. The molecule has 134 valence electrons. The lowest BCUT2D eigenvalue weighted by Crippen LogP contribution is -2.21. The van der Waals surface area contributed by atoms with Gasteiger partial charge in [0, 0.05) is 22.8 Å². The maximum atomic E-state index is 13.4. The van der Waals surface area contributed by atoms with Crippen LogP contribution in [0.15, 0.2) is 41.9 Å². The predicted octanol–water partition coefficient (Wildman–Crippen LogP) is 4.49. The quantitative estimate of drug-likeness (QED) is 0.703. The van der Waals surface area contributed by atoms with Gasteiger partial charge in [0.25, 0.3) is 5.91 Å². The first kappa shape index (κ1) is 17.9. The maximum Gasteiger partial charge on any atom is 0.434 e. The molecule has 1 aromatic carbocycles. The third-order valence-electron chi connectivity index (χ3n) is 3.56. The Morgan fingerprint density at radius 2 is 1.92 bits per heavy atom. The molecule has 2 aromatic heterocycles. The van der Waals surface area contributed by atoms with Crippen LogP contribution in [-0.2, 0) is 6.18 Å². The number of hydrogen-bond donors (Lipinski definition) is 2. The summed E-state index contributed by atoms with van der Waals surface area (Å²) in [7, 11) is 0. The number of thiazole rings is 1. The van der Waals surface area contributed by atoms with Gasteiger partial charge in [0.1, 0.15) is 11.3 Å². The molecule has 0 aliphatic rings. The van der Waals surface area contributed by atoms with Crippen molar-refractivity contribution in [3.05, 3.63) is 58.9 Å². The summed E-state index contributed by atoms with van der Waals surface area (Å²) in [6.45, 7) is 1.35. The number of alkyl halides is 3. The number of amides is 1. The number of nitrogens with one attached hydrogen (secondary N) is 1. The van der Waals surface area contributed by atoms with E-state index in [0.717, 1.165) is 11.3 Å². The van der Waals surface area contributed by atoms with Crippen LogP contribution in [-0.4, -0.2) is 21.0 Å². The maximum absolute atomic E-state index is 13.4. The second-order valence-corrected chi connectivity index (χ2v) is 6.19. The number of nitrogens with zero attached hydrogens (tertiary/aromatic N) is 2. The minimum Gasteiger partial charge on any atom is -0.506 e. The zero-order valence-electron chi connectivity index (χ0n) is 13.3. The average molecular weight is 379 g/mol. The van der Waals surface area contributed by atoms with E-state index in [0.29, 0.717) is 5.56 Å². The van der Waals surface area contributed by atoms with Crippen LogP contribution in [0.2, 0.25) is 0 Å². The van der Waals surface area contributed by atoms with Crippen LogP contribution >= 0.6 is 11.3 Å². The van der Waals surface area contributed by atoms with Gasteiger partial charge in [0.15, 0.2) is 10.8 Å². The van der Waals surface area contributed by atoms with Gasteiger partial charge in [0.05, 0.1) is 0 Å². The van der Waals surface area contributed by atoms with Crippen molar-refractivity contribution in [2.75, 3.05) is 5.32 Å². The van der Waals surface area contributed by atoms with Gasteiger partial charge in [-0.3, -0.25) is 10.1 Å². The molecule has 0 atom stereocenters. The normalized spacial score (nSPS) is 11.4. The Kier molecular flexibility index (Phi) is 4.64. The third-order valence-corrected chi connectivity index (χ3v) is 4.25. The fourth-order valence-electron chi connectivity index (χ4n) is 2.50. The number of benzene rings is 1. The van der Waals surface area contributed by atoms with Crippen molar-refractivity contribution in [1.82, 2.24) is 9.97 Å². The monoisotopic (exact) mass is 379 g/mol. The van der Waals surface area contributed by atoms with E-state index in [4.69, 9.17) is 0 Å². The van der Waals surface area contributed by atoms with E-state index in [2.05, 4.69) is 15.3 Å². The van der Waals surface area contributed by atoms with Crippen molar-refractivity contribution in [2.24, 2.45) is 0 Å². The van der Waals surface area contributed by atoms with Crippen molar-refractivity contribution >= 4 is 22.4 Å². The topological polar surface area (TPSA) is 75.1 Å². The number of aromatic nitrogens is 2. The van der Waals surface area contributed by atoms with Crippen molar-refractivity contribution < 1.29 is 23.1 Å². The summed E-state index contributed by atoms with van der Waals surface area (Å²) < 4.78 is 40.2. The highest BCUT2D eigenvalue weighted by molar-refractivity contribution is 7.13. The zero-order valence-corrected chi connectivity index (χ0v) is 14.1. The van der Waals surface area contributed by atoms with Gasteiger partial charge in [-0.05, 0) is 12.5 Å². The number of anilines is 1. The van der Waals surface area contributed by atoms with E-state index >= 15 is 0 Å². The zero-order chi connectivity index (χ0) is 18.9. The van der Waals surface area contributed by atoms with Crippen LogP contribution in [0.5, 0.6) is 5.75 Å². The Hall–Kier alpha value is -2.94. The van der Waals surface area contributed by atoms with Crippen molar-refractivity contribution in [1.29, 1.82) is 0 Å². The highest BCUT2D eigenvalue weighted by atomic mass is 32.1. The predicted molar refractivity (Wildman–Crippen MR) is 91.1 cm³/mol. The first-order chi connectivity index (χ1) is 12.3. The van der Waals surface area contributed by atoms with Crippen molar-refractivity contribution in [3.63, 3.8) is 0 Å². The molecule has 3 aromatic rings. The number of aryl methyl sites for hydroxylation is 1. The highest BCUT2D eigenvalue weighted by Gasteiger charge is 2.40. The van der Waals surface area contributed by atoms with Gasteiger partial charge < -0.3 is 5.11 Å². The minimum atomic E-state index is -4.91. The van der Waals surface area contributed by atoms with Crippen LogP contribution in [0, 0.1) is 6.92 Å². The lowest BCUT2D eigenvalue weighted by molar-refractivity contribution is -0.141. The summed E-state index contributed by atoms with van der Waals surface area (Å²) in [5, 5.41) is 14.5. The van der Waals surface area contributed by atoms with E-state index in [1.165, 1.54) is 13.1 Å². The molecule has 26 heavy (non-hydrogen) atoms. The Bertz CT molecular complexity index is 942. The first-order valence-corrected chi connectivity index (χ1v) is 8.24. The molecule has 0 aliphatic heterocycles. The van der Waals surface area contributed by atoms with Crippen molar-refractivity contribution in [2.45, 2.75) is 13.1 Å². The molecule has 5 nitrogen and oxygen atoms in total. The molecule has 9 heteroatoms. The third kappa shape index (κ3) is 3.38. The largest absolute Gasteiger partial charge is 0.506 e. The Morgan fingerprint density at radius 3 is 2.50 bits per heavy atom. The highest BCUT2D eigenvalue weighted by Crippen LogP contribution is 2.41. The number of rotatable bonds is 3. The molecule has 0 fully saturated rings. The van der Waals surface area contributed by atoms with Crippen LogP contribution in [0.3, 0.4) is 0 Å². The number of pyridine rings is 1. The second-order valence-electron chi connectivity index (χ2n) is 5.30. The molecule has 1 amide bonds. The fourth-order valence-corrected chi connectivity index (χ4v) is 3.03. The van der Waals surface area contributed by atoms with Crippen LogP contribution in [0.4, 0.5) is 18.3 Å². The Labute approximate surface area is 150 Å². The molecule has 0 saturated carbocycles. The number of hydrogen-bond acceptors (Lipinski definition) is 5. The molecule has 0 unspecified atom stereocenters. The van der Waals surface area contributed by atoms with Gasteiger partial charge in [-0.1, -0.05) is 30.3 Å². The SMILES string of the molecule is Cc1nc(C(F)(F)F)c(C(=O)Nc2nccs2)c(O)c1-c1ccccc1. The molecule has 3 rings (SSSR count). The summed E-state index contributed by atoms with van der Waals surface area (Å²) in [5.74, 6) is -1.90. The number of carbonyl (C=O) groups is 1. The van der Waals surface area contributed by atoms with Gasteiger partial charge in [0.2, 0.25) is 0 Å². The number of carbonyl (C=O) groups excluding carboxylic acids is 1. The Morgan fingerprint density at radius 1 is 1.23 bits per heavy atom. The van der Waals surface area contributed by atoms with Gasteiger partial charge in [-0.2, -0.15) is 13.2 Å². The standard InChI is InChI=1S/C17H12F3N3O2S/c1-9-11(10-5-3-2-4-6-10)13(24)12(14(22-9)17(18,19)20)15(25)23-16-21-7-8-26-16/h2-8H,1H3,(H,22,24)(H,21,23,25). The smallest absolute Gasteiger partial charge is 0.434 e. The summed E-state index contributed by atoms with van der Waals surface area (Å²) in [6.07, 6.45) is -3.51. The molecule has 0 aliphatic carbocycles. The fraction of sp³-hybridized carbons (Fsp3) is 0.118. The van der Waals surface area contributed by atoms with Gasteiger partial charge in [-0.15, -0.1) is 11.3 Å². The van der Waals surface area contributed by atoms with Crippen LogP contribution in [0.25, 0.3) is 11.1 Å². The van der Waals surface area contributed by atoms with Gasteiger partial charge in [-0.25, -0.2) is 9.97 Å². The molecule has 0 saturated heterocycles. The minimum absolute atomic E-state index is 0.0353. The number of halogens is 3. The van der Waals surface area contributed by atoms with E-state index in [9.17, 15) is 23.1 Å². The second kappa shape index (κ2) is 6.75. The van der Waals surface area contributed by atoms with Gasteiger partial charge >= 0.3 is 6.18 Å². The van der Waals surface area contributed by atoms with Crippen LogP contribution < -0.4 is 5.32 Å². The van der Waals surface area contributed by atoms with E-state index in [1.807, 2.05) is 0 Å².